The van der Waals surface area contributed by atoms with Gasteiger partial charge in [0.1, 0.15) is 5.41 Å². The van der Waals surface area contributed by atoms with Crippen LogP contribution in [0, 0.1) is 5.41 Å². The molecule has 24 heavy (non-hydrogen) atoms. The second kappa shape index (κ2) is 5.48. The predicted molar refractivity (Wildman–Crippen MR) is 97.3 cm³/mol. The molecule has 0 aromatic heterocycles. The van der Waals surface area contributed by atoms with Crippen LogP contribution in [0.1, 0.15) is 25.8 Å². The van der Waals surface area contributed by atoms with Gasteiger partial charge in [-0.1, -0.05) is 43.3 Å². The van der Waals surface area contributed by atoms with Crippen molar-refractivity contribution in [2.75, 3.05) is 10.3 Å². The Morgan fingerprint density at radius 2 is 1.88 bits per heavy atom. The first-order valence-corrected chi connectivity index (χ1v) is 8.46. The van der Waals surface area contributed by atoms with E-state index in [0.717, 1.165) is 23.5 Å². The highest BCUT2D eigenvalue weighted by Crippen LogP contribution is 2.45. The number of para-hydroxylation sites is 2. The lowest BCUT2D eigenvalue weighted by Crippen LogP contribution is -2.55. The fraction of sp³-hybridized carbons (Fsp3) is 0.300. The zero-order chi connectivity index (χ0) is 16.7. The Hall–Kier alpha value is -2.62. The number of benzene rings is 2. The number of carbonyl (C=O) groups excluding carboxylic acids is 1. The number of rotatable bonds is 2. The fourth-order valence-electron chi connectivity index (χ4n) is 3.98. The zero-order valence-electron chi connectivity index (χ0n) is 14.0. The molecule has 0 saturated heterocycles. The van der Waals surface area contributed by atoms with Gasteiger partial charge in [-0.3, -0.25) is 4.79 Å². The third-order valence-corrected chi connectivity index (χ3v) is 5.29. The molecular formula is C20H21N3O. The first-order chi connectivity index (χ1) is 11.7. The first kappa shape index (κ1) is 14.9. The summed E-state index contributed by atoms with van der Waals surface area (Å²) in [7, 11) is 0. The van der Waals surface area contributed by atoms with Gasteiger partial charge in [-0.2, -0.15) is 10.1 Å². The van der Waals surface area contributed by atoms with E-state index in [2.05, 4.69) is 29.5 Å². The molecule has 1 N–H and O–H groups in total. The molecule has 1 amide bonds. The molecule has 2 heterocycles. The minimum Gasteiger partial charge on any atom is -0.381 e. The molecule has 4 heteroatoms. The Labute approximate surface area is 142 Å². The maximum absolute atomic E-state index is 13.4. The topological polar surface area (TPSA) is 44.7 Å². The van der Waals surface area contributed by atoms with Gasteiger partial charge in [-0.25, -0.2) is 0 Å². The summed E-state index contributed by atoms with van der Waals surface area (Å²) in [5, 5.41) is 9.81. The van der Waals surface area contributed by atoms with E-state index >= 15 is 0 Å². The van der Waals surface area contributed by atoms with Crippen LogP contribution in [0.3, 0.4) is 0 Å². The number of anilines is 2. The monoisotopic (exact) mass is 319 g/mol. The Kier molecular flexibility index (Phi) is 3.41. The SMILES string of the molecule is CCC1Nc2ccccc2CC12C(=O)N(c1ccccc1)N=C2C. The van der Waals surface area contributed by atoms with Gasteiger partial charge in [0.05, 0.1) is 11.4 Å². The van der Waals surface area contributed by atoms with E-state index in [1.807, 2.05) is 49.4 Å². The molecule has 2 unspecified atom stereocenters. The number of amides is 1. The third-order valence-electron chi connectivity index (χ3n) is 5.29. The minimum absolute atomic E-state index is 0.0531. The second-order valence-corrected chi connectivity index (χ2v) is 6.55. The summed E-state index contributed by atoms with van der Waals surface area (Å²) in [5.74, 6) is 0.0695. The number of hydrazone groups is 1. The van der Waals surface area contributed by atoms with E-state index in [1.54, 1.807) is 5.01 Å². The Morgan fingerprint density at radius 3 is 2.62 bits per heavy atom. The number of carbonyl (C=O) groups is 1. The van der Waals surface area contributed by atoms with Crippen molar-refractivity contribution in [1.82, 2.24) is 0 Å². The van der Waals surface area contributed by atoms with Crippen molar-refractivity contribution < 1.29 is 4.79 Å². The number of nitrogens with zero attached hydrogens (tertiary/aromatic N) is 2. The van der Waals surface area contributed by atoms with E-state index in [9.17, 15) is 4.79 Å². The van der Waals surface area contributed by atoms with E-state index in [-0.39, 0.29) is 11.9 Å². The Morgan fingerprint density at radius 1 is 1.17 bits per heavy atom. The largest absolute Gasteiger partial charge is 0.381 e. The van der Waals surface area contributed by atoms with Crippen molar-refractivity contribution >= 4 is 23.0 Å². The number of hydrogen-bond acceptors (Lipinski definition) is 3. The molecule has 0 radical (unpaired) electrons. The molecule has 4 rings (SSSR count). The lowest BCUT2D eigenvalue weighted by Gasteiger charge is -2.41. The number of nitrogens with one attached hydrogen (secondary N) is 1. The van der Waals surface area contributed by atoms with Gasteiger partial charge >= 0.3 is 0 Å². The van der Waals surface area contributed by atoms with Gasteiger partial charge < -0.3 is 5.32 Å². The van der Waals surface area contributed by atoms with Crippen LogP contribution in [0.25, 0.3) is 0 Å². The van der Waals surface area contributed by atoms with Gasteiger partial charge in [0, 0.05) is 11.7 Å². The average Bonchev–Trinajstić information content (AvgIpc) is 2.87. The van der Waals surface area contributed by atoms with E-state index in [4.69, 9.17) is 0 Å². The van der Waals surface area contributed by atoms with Crippen LogP contribution in [0.15, 0.2) is 59.7 Å². The third kappa shape index (κ3) is 1.99. The molecule has 122 valence electrons. The maximum atomic E-state index is 13.4. The van der Waals surface area contributed by atoms with Gasteiger partial charge in [-0.05, 0) is 43.5 Å². The molecule has 0 aliphatic carbocycles. The van der Waals surface area contributed by atoms with Gasteiger partial charge in [0.2, 0.25) is 0 Å². The first-order valence-electron chi connectivity index (χ1n) is 8.46. The van der Waals surface area contributed by atoms with Crippen molar-refractivity contribution in [1.29, 1.82) is 0 Å². The van der Waals surface area contributed by atoms with Crippen LogP contribution < -0.4 is 10.3 Å². The summed E-state index contributed by atoms with van der Waals surface area (Å²) in [6, 6.07) is 18.0. The molecule has 0 bridgehead atoms. The van der Waals surface area contributed by atoms with Crippen LogP contribution >= 0.6 is 0 Å². The summed E-state index contributed by atoms with van der Waals surface area (Å²) in [5.41, 5.74) is 3.44. The van der Waals surface area contributed by atoms with Crippen molar-refractivity contribution in [3.05, 3.63) is 60.2 Å². The lowest BCUT2D eigenvalue weighted by molar-refractivity contribution is -0.124. The second-order valence-electron chi connectivity index (χ2n) is 6.55. The van der Waals surface area contributed by atoms with Crippen molar-refractivity contribution in [3.63, 3.8) is 0 Å². The Balaban J connectivity index is 1.80. The molecule has 1 spiro atoms. The summed E-state index contributed by atoms with van der Waals surface area (Å²) < 4.78 is 0. The fourth-order valence-corrected chi connectivity index (χ4v) is 3.98. The standard InChI is InChI=1S/C20H21N3O/c1-3-18-20(13-15-9-7-8-12-17(15)21-18)14(2)22-23(19(20)24)16-10-5-4-6-11-16/h4-12,18,21H,3,13H2,1-2H3. The minimum atomic E-state index is -0.598. The molecule has 0 fully saturated rings. The highest BCUT2D eigenvalue weighted by Gasteiger charge is 2.56. The number of fused-ring (bicyclic) bond motifs is 1. The highest BCUT2D eigenvalue weighted by molar-refractivity contribution is 6.20. The van der Waals surface area contributed by atoms with Crippen LogP contribution in [-0.2, 0) is 11.2 Å². The predicted octanol–water partition coefficient (Wildman–Crippen LogP) is 3.84. The van der Waals surface area contributed by atoms with Gasteiger partial charge in [0.15, 0.2) is 0 Å². The molecule has 2 atom stereocenters. The lowest BCUT2D eigenvalue weighted by atomic mass is 9.68. The van der Waals surface area contributed by atoms with E-state index < -0.39 is 5.41 Å². The summed E-state index contributed by atoms with van der Waals surface area (Å²) >= 11 is 0. The highest BCUT2D eigenvalue weighted by atomic mass is 16.2. The van der Waals surface area contributed by atoms with E-state index in [0.29, 0.717) is 6.42 Å². The summed E-state index contributed by atoms with van der Waals surface area (Å²) in [6.07, 6.45) is 1.57. The normalized spacial score (nSPS) is 25.4. The summed E-state index contributed by atoms with van der Waals surface area (Å²) in [6.45, 7) is 4.11. The summed E-state index contributed by atoms with van der Waals surface area (Å²) in [4.78, 5) is 13.4. The molecule has 4 nitrogen and oxygen atoms in total. The molecule has 2 aromatic carbocycles. The van der Waals surface area contributed by atoms with Gasteiger partial charge in [0.25, 0.3) is 5.91 Å². The van der Waals surface area contributed by atoms with Gasteiger partial charge in [-0.15, -0.1) is 0 Å². The average molecular weight is 319 g/mol. The Bertz CT molecular complexity index is 815. The van der Waals surface area contributed by atoms with Crippen LogP contribution in [0.2, 0.25) is 0 Å². The van der Waals surface area contributed by atoms with E-state index in [1.165, 1.54) is 5.56 Å². The zero-order valence-corrected chi connectivity index (χ0v) is 14.0. The van der Waals surface area contributed by atoms with Crippen LogP contribution in [-0.4, -0.2) is 17.7 Å². The molecule has 2 aliphatic heterocycles. The smallest absolute Gasteiger partial charge is 0.261 e. The molecule has 2 aliphatic rings. The van der Waals surface area contributed by atoms with Crippen LogP contribution in [0.4, 0.5) is 11.4 Å². The van der Waals surface area contributed by atoms with Crippen LogP contribution in [0.5, 0.6) is 0 Å². The molecule has 0 saturated carbocycles. The number of hydrogen-bond donors (Lipinski definition) is 1. The van der Waals surface area contributed by atoms with Crippen molar-refractivity contribution in [2.24, 2.45) is 10.5 Å². The quantitative estimate of drug-likeness (QED) is 0.914. The molecular weight excluding hydrogens is 298 g/mol. The van der Waals surface area contributed by atoms with Crippen molar-refractivity contribution in [2.45, 2.75) is 32.7 Å². The maximum Gasteiger partial charge on any atom is 0.261 e. The van der Waals surface area contributed by atoms with Crippen molar-refractivity contribution in [3.8, 4) is 0 Å². The molecule has 2 aromatic rings.